The lowest BCUT2D eigenvalue weighted by Crippen LogP contribution is -2.43. The predicted molar refractivity (Wildman–Crippen MR) is 72.7 cm³/mol. The summed E-state index contributed by atoms with van der Waals surface area (Å²) in [6.07, 6.45) is 1.31. The molecule has 0 fully saturated rings. The molecule has 0 saturated carbocycles. The van der Waals surface area contributed by atoms with Gasteiger partial charge in [0.05, 0.1) is 6.54 Å². The summed E-state index contributed by atoms with van der Waals surface area (Å²) in [5.74, 6) is 0.159. The third kappa shape index (κ3) is 6.59. The highest BCUT2D eigenvalue weighted by atomic mass is 16.2. The van der Waals surface area contributed by atoms with Gasteiger partial charge >= 0.3 is 0 Å². The molecule has 18 heavy (non-hydrogen) atoms. The lowest BCUT2D eigenvalue weighted by molar-refractivity contribution is -0.137. The van der Waals surface area contributed by atoms with Gasteiger partial charge in [0.15, 0.2) is 0 Å². The van der Waals surface area contributed by atoms with Gasteiger partial charge in [-0.3, -0.25) is 9.59 Å². The van der Waals surface area contributed by atoms with Crippen LogP contribution in [0.2, 0.25) is 0 Å². The highest BCUT2D eigenvalue weighted by Crippen LogP contribution is 2.16. The first-order valence-corrected chi connectivity index (χ1v) is 6.55. The summed E-state index contributed by atoms with van der Waals surface area (Å²) in [7, 11) is 0. The van der Waals surface area contributed by atoms with Gasteiger partial charge in [0, 0.05) is 12.5 Å². The van der Waals surface area contributed by atoms with Crippen molar-refractivity contribution in [2.24, 2.45) is 23.3 Å². The first-order chi connectivity index (χ1) is 8.27. The Morgan fingerprint density at radius 1 is 1.17 bits per heavy atom. The van der Waals surface area contributed by atoms with Gasteiger partial charge < -0.3 is 16.4 Å². The van der Waals surface area contributed by atoms with E-state index in [-0.39, 0.29) is 24.4 Å². The maximum Gasteiger partial charge on any atom is 0.237 e. The Hall–Kier alpha value is -1.10. The van der Waals surface area contributed by atoms with Crippen molar-refractivity contribution in [3.8, 4) is 0 Å². The zero-order valence-electron chi connectivity index (χ0n) is 12.0. The third-order valence-corrected chi connectivity index (χ3v) is 2.87. The number of rotatable bonds is 8. The van der Waals surface area contributed by atoms with Crippen LogP contribution in [0, 0.1) is 11.8 Å². The van der Waals surface area contributed by atoms with Crippen molar-refractivity contribution in [2.75, 3.05) is 13.1 Å². The normalized spacial score (nSPS) is 12.8. The van der Waals surface area contributed by atoms with Crippen molar-refractivity contribution in [3.05, 3.63) is 0 Å². The molecule has 0 aliphatic rings. The van der Waals surface area contributed by atoms with E-state index in [9.17, 15) is 9.59 Å². The summed E-state index contributed by atoms with van der Waals surface area (Å²) in [5, 5.41) is 0. The molecule has 1 unspecified atom stereocenters. The maximum absolute atomic E-state index is 12.1. The molecule has 0 aliphatic carbocycles. The molecule has 4 N–H and O–H groups in total. The van der Waals surface area contributed by atoms with Gasteiger partial charge in [0.25, 0.3) is 0 Å². The summed E-state index contributed by atoms with van der Waals surface area (Å²) in [4.78, 5) is 24.6. The minimum atomic E-state index is -0.481. The second-order valence-corrected chi connectivity index (χ2v) is 5.52. The van der Waals surface area contributed by atoms with Gasteiger partial charge in [0.2, 0.25) is 11.8 Å². The molecule has 0 aromatic heterocycles. The first kappa shape index (κ1) is 16.9. The highest BCUT2D eigenvalue weighted by molar-refractivity contribution is 5.84. The number of primary amides is 1. The van der Waals surface area contributed by atoms with Crippen molar-refractivity contribution in [3.63, 3.8) is 0 Å². The summed E-state index contributed by atoms with van der Waals surface area (Å²) >= 11 is 0. The van der Waals surface area contributed by atoms with E-state index in [1.165, 1.54) is 4.90 Å². The molecule has 0 rings (SSSR count). The number of carbonyl (C=O) groups is 2. The van der Waals surface area contributed by atoms with E-state index in [1.807, 2.05) is 13.8 Å². The van der Waals surface area contributed by atoms with Crippen LogP contribution in [0.4, 0.5) is 0 Å². The Balaban J connectivity index is 4.52. The number of amides is 2. The van der Waals surface area contributed by atoms with Crippen molar-refractivity contribution >= 4 is 11.8 Å². The molecule has 0 aliphatic heterocycles. The lowest BCUT2D eigenvalue weighted by atomic mass is 9.93. The summed E-state index contributed by atoms with van der Waals surface area (Å²) < 4.78 is 0. The Morgan fingerprint density at radius 2 is 1.72 bits per heavy atom. The molecule has 1 atom stereocenters. The average Bonchev–Trinajstić information content (AvgIpc) is 2.23. The number of nitrogens with zero attached hydrogens (tertiary/aromatic N) is 1. The van der Waals surface area contributed by atoms with E-state index in [1.54, 1.807) is 0 Å². The smallest absolute Gasteiger partial charge is 0.237 e. The van der Waals surface area contributed by atoms with Crippen molar-refractivity contribution in [1.82, 2.24) is 4.90 Å². The molecule has 0 aromatic carbocycles. The Morgan fingerprint density at radius 3 is 2.06 bits per heavy atom. The molecule has 0 spiro atoms. The van der Waals surface area contributed by atoms with Gasteiger partial charge in [0.1, 0.15) is 0 Å². The molecule has 0 saturated heterocycles. The molecular formula is C13H27N3O2. The van der Waals surface area contributed by atoms with Crippen LogP contribution in [0.15, 0.2) is 0 Å². The molecule has 5 heteroatoms. The number of hydrogen-bond acceptors (Lipinski definition) is 3. The fraction of sp³-hybridized carbons (Fsp3) is 0.846. The third-order valence-electron chi connectivity index (χ3n) is 2.87. The van der Waals surface area contributed by atoms with Crippen LogP contribution in [0.1, 0.15) is 40.5 Å². The molecule has 0 radical (unpaired) electrons. The molecular weight excluding hydrogens is 230 g/mol. The standard InChI is InChI=1S/C13H27N3O2/c1-9(2)5-11(7-14)6-13(18)16(10(3)4)8-12(15)17/h9-11H,5-8,14H2,1-4H3,(H2,15,17). The predicted octanol–water partition coefficient (Wildman–Crippen LogP) is 0.720. The summed E-state index contributed by atoms with van der Waals surface area (Å²) in [6.45, 7) is 8.44. The first-order valence-electron chi connectivity index (χ1n) is 6.55. The van der Waals surface area contributed by atoms with Crippen molar-refractivity contribution in [1.29, 1.82) is 0 Å². The van der Waals surface area contributed by atoms with Crippen LogP contribution in [-0.2, 0) is 9.59 Å². The van der Waals surface area contributed by atoms with Crippen LogP contribution >= 0.6 is 0 Å². The minimum Gasteiger partial charge on any atom is -0.368 e. The molecule has 5 nitrogen and oxygen atoms in total. The fourth-order valence-corrected chi connectivity index (χ4v) is 2.02. The van der Waals surface area contributed by atoms with Gasteiger partial charge in [-0.25, -0.2) is 0 Å². The zero-order chi connectivity index (χ0) is 14.3. The van der Waals surface area contributed by atoms with E-state index in [0.29, 0.717) is 18.9 Å². The Kier molecular flexibility index (Phi) is 7.59. The highest BCUT2D eigenvalue weighted by Gasteiger charge is 2.22. The number of nitrogens with two attached hydrogens (primary N) is 2. The quantitative estimate of drug-likeness (QED) is 0.671. The van der Waals surface area contributed by atoms with Crippen LogP contribution in [0.3, 0.4) is 0 Å². The molecule has 0 aromatic rings. The Bertz CT molecular complexity index is 277. The van der Waals surface area contributed by atoms with Crippen molar-refractivity contribution < 1.29 is 9.59 Å². The summed E-state index contributed by atoms with van der Waals surface area (Å²) in [5.41, 5.74) is 10.8. The number of hydrogen-bond donors (Lipinski definition) is 2. The average molecular weight is 257 g/mol. The molecule has 2 amide bonds. The van der Waals surface area contributed by atoms with E-state index < -0.39 is 5.91 Å². The monoisotopic (exact) mass is 257 g/mol. The Labute approximate surface area is 110 Å². The molecule has 106 valence electrons. The van der Waals surface area contributed by atoms with Crippen LogP contribution in [-0.4, -0.2) is 35.8 Å². The van der Waals surface area contributed by atoms with Crippen molar-refractivity contribution in [2.45, 2.75) is 46.6 Å². The largest absolute Gasteiger partial charge is 0.368 e. The second kappa shape index (κ2) is 8.08. The van der Waals surface area contributed by atoms with E-state index >= 15 is 0 Å². The topological polar surface area (TPSA) is 89.4 Å². The van der Waals surface area contributed by atoms with Gasteiger partial charge in [-0.05, 0) is 38.6 Å². The molecule has 0 bridgehead atoms. The van der Waals surface area contributed by atoms with Gasteiger partial charge in [-0.1, -0.05) is 13.8 Å². The van der Waals surface area contributed by atoms with Crippen LogP contribution in [0.5, 0.6) is 0 Å². The molecule has 0 heterocycles. The zero-order valence-corrected chi connectivity index (χ0v) is 12.0. The maximum atomic E-state index is 12.1. The minimum absolute atomic E-state index is 0.0184. The number of carbonyl (C=O) groups excluding carboxylic acids is 2. The van der Waals surface area contributed by atoms with Gasteiger partial charge in [-0.15, -0.1) is 0 Å². The van der Waals surface area contributed by atoms with E-state index in [0.717, 1.165) is 6.42 Å². The lowest BCUT2D eigenvalue weighted by Gasteiger charge is -2.27. The SMILES string of the molecule is CC(C)CC(CN)CC(=O)N(CC(N)=O)C(C)C. The van der Waals surface area contributed by atoms with E-state index in [2.05, 4.69) is 13.8 Å². The van der Waals surface area contributed by atoms with Crippen LogP contribution < -0.4 is 11.5 Å². The van der Waals surface area contributed by atoms with Gasteiger partial charge in [-0.2, -0.15) is 0 Å². The summed E-state index contributed by atoms with van der Waals surface area (Å²) in [6, 6.07) is -0.0255. The van der Waals surface area contributed by atoms with Crippen LogP contribution in [0.25, 0.3) is 0 Å². The van der Waals surface area contributed by atoms with E-state index in [4.69, 9.17) is 11.5 Å². The second-order valence-electron chi connectivity index (χ2n) is 5.52. The fourth-order valence-electron chi connectivity index (χ4n) is 2.02.